The molecule has 0 aliphatic carbocycles. The lowest BCUT2D eigenvalue weighted by molar-refractivity contribution is 0.0951. The maximum atomic E-state index is 11.9. The van der Waals surface area contributed by atoms with E-state index in [2.05, 4.69) is 5.32 Å². The van der Waals surface area contributed by atoms with E-state index < -0.39 is 5.91 Å². The Morgan fingerprint density at radius 3 is 2.60 bits per heavy atom. The molecule has 0 aliphatic rings. The van der Waals surface area contributed by atoms with Gasteiger partial charge in [0.15, 0.2) is 0 Å². The quantitative estimate of drug-likeness (QED) is 0.905. The van der Waals surface area contributed by atoms with Crippen LogP contribution in [0.25, 0.3) is 0 Å². The molecule has 4 nitrogen and oxygen atoms in total. The Morgan fingerprint density at radius 1 is 1.25 bits per heavy atom. The number of amides is 2. The highest BCUT2D eigenvalue weighted by Gasteiger charge is 2.13. The topological polar surface area (TPSA) is 72.2 Å². The van der Waals surface area contributed by atoms with Crippen LogP contribution in [0.15, 0.2) is 30.3 Å². The lowest BCUT2D eigenvalue weighted by Gasteiger charge is -2.05. The standard InChI is InChI=1S/C13H10Cl2N2O2S/c14-10-5-9(11(15)20-10)13(19)17-6-7-2-1-3-8(4-7)12(16)18/h1-5H,6H2,(H2,16,18)(H,17,19). The van der Waals surface area contributed by atoms with Crippen LogP contribution in [0.5, 0.6) is 0 Å². The van der Waals surface area contributed by atoms with Gasteiger partial charge in [0, 0.05) is 12.1 Å². The summed E-state index contributed by atoms with van der Waals surface area (Å²) in [5.74, 6) is -0.825. The zero-order valence-electron chi connectivity index (χ0n) is 10.2. The molecule has 1 heterocycles. The fourth-order valence-electron chi connectivity index (χ4n) is 1.61. The summed E-state index contributed by atoms with van der Waals surface area (Å²) < 4.78 is 0.800. The lowest BCUT2D eigenvalue weighted by Crippen LogP contribution is -2.22. The van der Waals surface area contributed by atoms with Crippen LogP contribution < -0.4 is 11.1 Å². The molecule has 0 spiro atoms. The number of carbonyl (C=O) groups is 2. The molecule has 2 aromatic rings. The third-order valence-corrected chi connectivity index (χ3v) is 4.05. The van der Waals surface area contributed by atoms with E-state index in [-0.39, 0.29) is 12.5 Å². The Morgan fingerprint density at radius 2 is 2.00 bits per heavy atom. The highest BCUT2D eigenvalue weighted by molar-refractivity contribution is 7.20. The molecule has 1 aromatic carbocycles. The molecule has 0 aliphatic heterocycles. The second-order valence-electron chi connectivity index (χ2n) is 3.99. The summed E-state index contributed by atoms with van der Waals surface area (Å²) in [6.45, 7) is 0.268. The number of nitrogens with one attached hydrogen (secondary N) is 1. The van der Waals surface area contributed by atoms with Crippen LogP contribution in [0, 0.1) is 0 Å². The van der Waals surface area contributed by atoms with E-state index in [1.807, 2.05) is 0 Å². The van der Waals surface area contributed by atoms with Gasteiger partial charge in [-0.2, -0.15) is 0 Å². The minimum atomic E-state index is -0.508. The number of primary amides is 1. The van der Waals surface area contributed by atoms with Crippen molar-refractivity contribution in [2.24, 2.45) is 5.73 Å². The minimum absolute atomic E-state index is 0.268. The Kier molecular flexibility index (Phi) is 4.65. The number of hydrogen-bond donors (Lipinski definition) is 2. The Labute approximate surface area is 129 Å². The lowest BCUT2D eigenvalue weighted by atomic mass is 10.1. The summed E-state index contributed by atoms with van der Waals surface area (Å²) in [7, 11) is 0. The number of hydrogen-bond acceptors (Lipinski definition) is 3. The van der Waals surface area contributed by atoms with Gasteiger partial charge in [0.1, 0.15) is 4.34 Å². The van der Waals surface area contributed by atoms with Crippen molar-refractivity contribution in [2.45, 2.75) is 6.54 Å². The third kappa shape index (κ3) is 3.50. The Balaban J connectivity index is 2.05. The van der Waals surface area contributed by atoms with Gasteiger partial charge < -0.3 is 11.1 Å². The van der Waals surface area contributed by atoms with Crippen molar-refractivity contribution in [3.8, 4) is 0 Å². The van der Waals surface area contributed by atoms with E-state index in [9.17, 15) is 9.59 Å². The molecule has 1 aromatic heterocycles. The van der Waals surface area contributed by atoms with Crippen molar-refractivity contribution < 1.29 is 9.59 Å². The summed E-state index contributed by atoms with van der Waals surface area (Å²) in [6, 6.07) is 8.25. The number of benzene rings is 1. The van der Waals surface area contributed by atoms with Gasteiger partial charge in [-0.05, 0) is 23.8 Å². The highest BCUT2D eigenvalue weighted by Crippen LogP contribution is 2.30. The molecule has 0 saturated heterocycles. The SMILES string of the molecule is NC(=O)c1cccc(CNC(=O)c2cc(Cl)sc2Cl)c1. The first-order valence-electron chi connectivity index (χ1n) is 5.59. The largest absolute Gasteiger partial charge is 0.366 e. The van der Waals surface area contributed by atoms with Crippen LogP contribution in [0.4, 0.5) is 0 Å². The number of carbonyl (C=O) groups excluding carboxylic acids is 2. The molecule has 0 radical (unpaired) electrons. The number of thiophene rings is 1. The van der Waals surface area contributed by atoms with Crippen LogP contribution in [-0.4, -0.2) is 11.8 Å². The van der Waals surface area contributed by atoms with Crippen molar-refractivity contribution >= 4 is 46.4 Å². The Hall–Kier alpha value is -1.56. The molecule has 0 bridgehead atoms. The van der Waals surface area contributed by atoms with Gasteiger partial charge in [-0.15, -0.1) is 11.3 Å². The molecular formula is C13H10Cl2N2O2S. The van der Waals surface area contributed by atoms with Crippen molar-refractivity contribution in [2.75, 3.05) is 0 Å². The first kappa shape index (κ1) is 14.8. The average Bonchev–Trinajstić information content (AvgIpc) is 2.75. The fraction of sp³-hybridized carbons (Fsp3) is 0.0769. The maximum Gasteiger partial charge on any atom is 0.253 e. The normalized spacial score (nSPS) is 10.3. The molecule has 2 rings (SSSR count). The number of rotatable bonds is 4. The predicted octanol–water partition coefficient (Wildman–Crippen LogP) is 3.08. The van der Waals surface area contributed by atoms with Crippen molar-refractivity contribution in [3.63, 3.8) is 0 Å². The zero-order chi connectivity index (χ0) is 14.7. The maximum absolute atomic E-state index is 11.9. The van der Waals surface area contributed by atoms with E-state index in [0.29, 0.717) is 19.8 Å². The summed E-state index contributed by atoms with van der Waals surface area (Å²) >= 11 is 12.8. The van der Waals surface area contributed by atoms with Crippen molar-refractivity contribution in [1.29, 1.82) is 0 Å². The van der Waals surface area contributed by atoms with E-state index in [1.165, 1.54) is 6.07 Å². The number of nitrogens with two attached hydrogens (primary N) is 1. The van der Waals surface area contributed by atoms with E-state index in [1.54, 1.807) is 24.3 Å². The monoisotopic (exact) mass is 328 g/mol. The van der Waals surface area contributed by atoms with E-state index in [0.717, 1.165) is 16.9 Å². The van der Waals surface area contributed by atoms with Gasteiger partial charge in [-0.1, -0.05) is 35.3 Å². The smallest absolute Gasteiger partial charge is 0.253 e. The molecule has 20 heavy (non-hydrogen) atoms. The third-order valence-electron chi connectivity index (χ3n) is 2.57. The van der Waals surface area contributed by atoms with Crippen LogP contribution in [0.2, 0.25) is 8.67 Å². The van der Waals surface area contributed by atoms with Crippen molar-refractivity contribution in [1.82, 2.24) is 5.32 Å². The number of halogens is 2. The summed E-state index contributed by atoms with van der Waals surface area (Å²) in [5.41, 5.74) is 6.70. The molecule has 2 amide bonds. The summed E-state index contributed by atoms with van der Waals surface area (Å²) in [5, 5.41) is 2.71. The van der Waals surface area contributed by atoms with Gasteiger partial charge in [-0.3, -0.25) is 9.59 Å². The van der Waals surface area contributed by atoms with Crippen LogP contribution in [0.1, 0.15) is 26.3 Å². The van der Waals surface area contributed by atoms with Crippen molar-refractivity contribution in [3.05, 3.63) is 55.7 Å². The van der Waals surface area contributed by atoms with Gasteiger partial charge in [-0.25, -0.2) is 0 Å². The molecule has 0 saturated carbocycles. The molecular weight excluding hydrogens is 319 g/mol. The molecule has 104 valence electrons. The van der Waals surface area contributed by atoms with E-state index >= 15 is 0 Å². The first-order chi connectivity index (χ1) is 9.47. The average molecular weight is 329 g/mol. The van der Waals surface area contributed by atoms with Gasteiger partial charge in [0.25, 0.3) is 5.91 Å². The summed E-state index contributed by atoms with van der Waals surface area (Å²) in [4.78, 5) is 23.0. The molecule has 0 atom stereocenters. The van der Waals surface area contributed by atoms with Gasteiger partial charge >= 0.3 is 0 Å². The fourth-order valence-corrected chi connectivity index (χ4v) is 3.07. The highest BCUT2D eigenvalue weighted by atomic mass is 35.5. The second-order valence-corrected chi connectivity index (χ2v) is 6.27. The van der Waals surface area contributed by atoms with Gasteiger partial charge in [0.05, 0.1) is 9.90 Å². The van der Waals surface area contributed by atoms with Gasteiger partial charge in [0.2, 0.25) is 5.91 Å². The second kappa shape index (κ2) is 6.26. The van der Waals surface area contributed by atoms with E-state index in [4.69, 9.17) is 28.9 Å². The zero-order valence-corrected chi connectivity index (χ0v) is 12.5. The Bertz CT molecular complexity index is 670. The summed E-state index contributed by atoms with van der Waals surface area (Å²) in [6.07, 6.45) is 0. The molecule has 7 heteroatoms. The first-order valence-corrected chi connectivity index (χ1v) is 7.16. The molecule has 3 N–H and O–H groups in total. The minimum Gasteiger partial charge on any atom is -0.366 e. The van der Waals surface area contributed by atoms with Crippen LogP contribution >= 0.6 is 34.5 Å². The predicted molar refractivity (Wildman–Crippen MR) is 80.5 cm³/mol. The molecule has 0 unspecified atom stereocenters. The molecule has 0 fully saturated rings. The van der Waals surface area contributed by atoms with Crippen LogP contribution in [-0.2, 0) is 6.54 Å². The van der Waals surface area contributed by atoms with Crippen LogP contribution in [0.3, 0.4) is 0 Å².